The average Bonchev–Trinajstić information content (AvgIpc) is 2.80. The maximum Gasteiger partial charge on any atom is 0.315 e. The molecule has 0 aromatic rings. The summed E-state index contributed by atoms with van der Waals surface area (Å²) in [5.74, 6) is 3.05. The Bertz CT molecular complexity index is 388. The third kappa shape index (κ3) is 2.79. The molecule has 2 amide bonds. The van der Waals surface area contributed by atoms with E-state index >= 15 is 0 Å². The molecule has 5 aliphatic rings. The molecule has 2 atom stereocenters. The van der Waals surface area contributed by atoms with Gasteiger partial charge in [0.2, 0.25) is 0 Å². The highest BCUT2D eigenvalue weighted by Crippen LogP contribution is 2.55. The Hall–Kier alpha value is -0.770. The van der Waals surface area contributed by atoms with E-state index in [1.165, 1.54) is 38.5 Å². The molecule has 5 rings (SSSR count). The van der Waals surface area contributed by atoms with E-state index in [-0.39, 0.29) is 17.7 Å². The Morgan fingerprint density at radius 1 is 1.00 bits per heavy atom. The Balaban J connectivity index is 1.30. The topological polar surface area (TPSA) is 61.4 Å². The van der Waals surface area contributed by atoms with Crippen molar-refractivity contribution in [3.8, 4) is 0 Å². The second-order valence-corrected chi connectivity index (χ2v) is 8.37. The molecule has 5 aliphatic carbocycles. The first-order valence-corrected chi connectivity index (χ1v) is 8.84. The van der Waals surface area contributed by atoms with Crippen LogP contribution in [0.4, 0.5) is 4.79 Å². The molecule has 0 aliphatic heterocycles. The van der Waals surface area contributed by atoms with E-state index in [1.807, 2.05) is 0 Å². The molecule has 0 heterocycles. The molecular weight excluding hydrogens is 264 g/mol. The lowest BCUT2D eigenvalue weighted by Gasteiger charge is -2.56. The van der Waals surface area contributed by atoms with E-state index < -0.39 is 0 Å². The predicted octanol–water partition coefficient (Wildman–Crippen LogP) is 2.42. The summed E-state index contributed by atoms with van der Waals surface area (Å²) in [7, 11) is 0. The van der Waals surface area contributed by atoms with E-state index in [2.05, 4.69) is 10.6 Å². The summed E-state index contributed by atoms with van der Waals surface area (Å²) in [5.41, 5.74) is 0.105. The number of carbonyl (C=O) groups is 1. The maximum atomic E-state index is 12.3. The molecule has 5 saturated carbocycles. The third-order valence-electron chi connectivity index (χ3n) is 6.48. The van der Waals surface area contributed by atoms with Gasteiger partial charge in [-0.05, 0) is 81.5 Å². The zero-order chi connectivity index (χ0) is 14.4. The normalized spacial score (nSPS) is 47.6. The first-order chi connectivity index (χ1) is 10.1. The first kappa shape index (κ1) is 13.9. The van der Waals surface area contributed by atoms with Gasteiger partial charge in [0.25, 0.3) is 0 Å². The quantitative estimate of drug-likeness (QED) is 0.748. The van der Waals surface area contributed by atoms with Crippen molar-refractivity contribution in [2.24, 2.45) is 23.7 Å². The fourth-order valence-electron chi connectivity index (χ4n) is 6.02. The van der Waals surface area contributed by atoms with Crippen LogP contribution in [0.3, 0.4) is 0 Å². The van der Waals surface area contributed by atoms with Crippen molar-refractivity contribution in [2.75, 3.05) is 6.54 Å². The van der Waals surface area contributed by atoms with E-state index in [1.54, 1.807) is 0 Å². The van der Waals surface area contributed by atoms with E-state index in [4.69, 9.17) is 0 Å². The predicted molar refractivity (Wildman–Crippen MR) is 80.8 cm³/mol. The molecule has 0 aromatic heterocycles. The second kappa shape index (κ2) is 5.15. The lowest BCUT2D eigenvalue weighted by atomic mass is 9.53. The molecule has 2 unspecified atom stereocenters. The van der Waals surface area contributed by atoms with Gasteiger partial charge < -0.3 is 15.7 Å². The Kier molecular flexibility index (Phi) is 3.40. The van der Waals surface area contributed by atoms with Crippen molar-refractivity contribution >= 4 is 6.03 Å². The number of nitrogens with one attached hydrogen (secondary N) is 2. The van der Waals surface area contributed by atoms with Crippen molar-refractivity contribution in [2.45, 2.75) is 69.4 Å². The van der Waals surface area contributed by atoms with Gasteiger partial charge in [0.1, 0.15) is 0 Å². The number of urea groups is 1. The number of aliphatic hydroxyl groups excluding tert-OH is 1. The van der Waals surface area contributed by atoms with Crippen molar-refractivity contribution < 1.29 is 9.90 Å². The Labute approximate surface area is 127 Å². The Morgan fingerprint density at radius 3 is 2.14 bits per heavy atom. The lowest BCUT2D eigenvalue weighted by molar-refractivity contribution is -0.0135. The largest absolute Gasteiger partial charge is 0.393 e. The van der Waals surface area contributed by atoms with Crippen LogP contribution in [0.1, 0.15) is 57.8 Å². The number of hydrogen-bond donors (Lipinski definition) is 3. The fourth-order valence-corrected chi connectivity index (χ4v) is 6.02. The molecule has 0 aromatic carbocycles. The maximum absolute atomic E-state index is 12.3. The van der Waals surface area contributed by atoms with Crippen molar-refractivity contribution in [3.63, 3.8) is 0 Å². The van der Waals surface area contributed by atoms with Crippen LogP contribution in [-0.4, -0.2) is 29.3 Å². The highest BCUT2D eigenvalue weighted by molar-refractivity contribution is 5.74. The van der Waals surface area contributed by atoms with Crippen LogP contribution in [0.2, 0.25) is 0 Å². The minimum absolute atomic E-state index is 0.0262. The average molecular weight is 292 g/mol. The van der Waals surface area contributed by atoms with Gasteiger partial charge >= 0.3 is 6.03 Å². The van der Waals surface area contributed by atoms with Gasteiger partial charge in [-0.1, -0.05) is 0 Å². The molecule has 4 nitrogen and oxygen atoms in total. The summed E-state index contributed by atoms with van der Waals surface area (Å²) in [5, 5.41) is 16.0. The van der Waals surface area contributed by atoms with E-state index in [0.717, 1.165) is 43.6 Å². The number of rotatable bonds is 3. The zero-order valence-electron chi connectivity index (χ0n) is 12.8. The Morgan fingerprint density at radius 2 is 1.62 bits per heavy atom. The molecule has 5 fully saturated rings. The molecule has 0 radical (unpaired) electrons. The van der Waals surface area contributed by atoms with Crippen LogP contribution in [0.25, 0.3) is 0 Å². The van der Waals surface area contributed by atoms with Crippen LogP contribution < -0.4 is 10.6 Å². The molecular formula is C17H28N2O2. The molecule has 21 heavy (non-hydrogen) atoms. The van der Waals surface area contributed by atoms with Gasteiger partial charge in [0.15, 0.2) is 0 Å². The van der Waals surface area contributed by atoms with E-state index in [9.17, 15) is 9.90 Å². The van der Waals surface area contributed by atoms with E-state index in [0.29, 0.717) is 5.92 Å². The summed E-state index contributed by atoms with van der Waals surface area (Å²) in [4.78, 5) is 12.3. The summed E-state index contributed by atoms with van der Waals surface area (Å²) in [6.07, 6.45) is 10.5. The highest BCUT2D eigenvalue weighted by atomic mass is 16.3. The number of aliphatic hydroxyl groups is 1. The number of amides is 2. The van der Waals surface area contributed by atoms with Crippen molar-refractivity contribution in [3.05, 3.63) is 0 Å². The first-order valence-electron chi connectivity index (χ1n) is 8.84. The van der Waals surface area contributed by atoms with Crippen LogP contribution in [-0.2, 0) is 0 Å². The summed E-state index contributed by atoms with van der Waals surface area (Å²) >= 11 is 0. The van der Waals surface area contributed by atoms with Gasteiger partial charge in [-0.15, -0.1) is 0 Å². The number of carbonyl (C=O) groups excluding carboxylic acids is 1. The highest BCUT2D eigenvalue weighted by Gasteiger charge is 2.51. The van der Waals surface area contributed by atoms with Gasteiger partial charge in [-0.25, -0.2) is 4.79 Å². The van der Waals surface area contributed by atoms with Crippen molar-refractivity contribution in [1.82, 2.24) is 10.6 Å². The van der Waals surface area contributed by atoms with Crippen molar-refractivity contribution in [1.29, 1.82) is 0 Å². The molecule has 3 N–H and O–H groups in total. The summed E-state index contributed by atoms with van der Waals surface area (Å²) in [6.45, 7) is 0.718. The molecule has 4 heteroatoms. The molecule has 4 bridgehead atoms. The lowest BCUT2D eigenvalue weighted by Crippen LogP contribution is -2.61. The van der Waals surface area contributed by atoms with Crippen LogP contribution >= 0.6 is 0 Å². The van der Waals surface area contributed by atoms with Gasteiger partial charge in [-0.3, -0.25) is 0 Å². The van der Waals surface area contributed by atoms with Gasteiger partial charge in [0.05, 0.1) is 6.10 Å². The molecule has 0 spiro atoms. The monoisotopic (exact) mass is 292 g/mol. The SMILES string of the molecule is O=C(NCC1CCC(O)C1)NC12CC3CC(CC(C3)C1)C2. The number of hydrogen-bond acceptors (Lipinski definition) is 2. The van der Waals surface area contributed by atoms with Crippen LogP contribution in [0, 0.1) is 23.7 Å². The molecule has 118 valence electrons. The standard InChI is InChI=1S/C17H28N2O2/c20-15-2-1-11(6-15)10-18-16(21)19-17-7-12-3-13(8-17)5-14(4-12)9-17/h11-15,20H,1-10H2,(H2,18,19,21). The third-order valence-corrected chi connectivity index (χ3v) is 6.48. The zero-order valence-corrected chi connectivity index (χ0v) is 12.8. The van der Waals surface area contributed by atoms with Crippen LogP contribution in [0.5, 0.6) is 0 Å². The summed E-state index contributed by atoms with van der Waals surface area (Å²) in [6, 6.07) is 0.0262. The minimum atomic E-state index is -0.150. The smallest absolute Gasteiger partial charge is 0.315 e. The minimum Gasteiger partial charge on any atom is -0.393 e. The summed E-state index contributed by atoms with van der Waals surface area (Å²) < 4.78 is 0. The van der Waals surface area contributed by atoms with Gasteiger partial charge in [0, 0.05) is 12.1 Å². The van der Waals surface area contributed by atoms with Crippen LogP contribution in [0.15, 0.2) is 0 Å². The second-order valence-electron chi connectivity index (χ2n) is 8.37. The molecule has 0 saturated heterocycles. The van der Waals surface area contributed by atoms with Gasteiger partial charge in [-0.2, -0.15) is 0 Å². The fraction of sp³-hybridized carbons (Fsp3) is 0.941.